The highest BCUT2D eigenvalue weighted by atomic mass is 16.5. The monoisotopic (exact) mass is 494 g/mol. The number of amides is 2. The van der Waals surface area contributed by atoms with Gasteiger partial charge in [0, 0.05) is 31.2 Å². The Morgan fingerprint density at radius 3 is 2.61 bits per heavy atom. The van der Waals surface area contributed by atoms with Crippen molar-refractivity contribution in [2.75, 3.05) is 60.0 Å². The lowest BCUT2D eigenvalue weighted by molar-refractivity contribution is -0.132. The molecule has 4 heterocycles. The molecule has 5 rings (SSSR count). The Morgan fingerprint density at radius 1 is 1.06 bits per heavy atom. The smallest absolute Gasteiger partial charge is 0.257 e. The zero-order chi connectivity index (χ0) is 25.4. The predicted octanol–water partition coefficient (Wildman–Crippen LogP) is 3.34. The summed E-state index contributed by atoms with van der Waals surface area (Å²) in [6.07, 6.45) is 8.16. The van der Waals surface area contributed by atoms with Crippen LogP contribution < -0.4 is 9.47 Å². The molecule has 0 radical (unpaired) electrons. The van der Waals surface area contributed by atoms with Gasteiger partial charge in [-0.1, -0.05) is 18.6 Å². The number of carbonyl (C=O) groups excluding carboxylic acids is 2. The first-order valence-corrected chi connectivity index (χ1v) is 12.9. The lowest BCUT2D eigenvalue weighted by atomic mass is 9.75. The number of likely N-dealkylation sites (N-methyl/N-ethyl adjacent to an activating group) is 1. The van der Waals surface area contributed by atoms with Gasteiger partial charge in [0.1, 0.15) is 18.1 Å². The minimum atomic E-state index is -0.0126. The Labute approximate surface area is 214 Å². The molecule has 194 valence electrons. The van der Waals surface area contributed by atoms with Crippen molar-refractivity contribution in [2.45, 2.75) is 32.1 Å². The quantitative estimate of drug-likeness (QED) is 0.635. The maximum Gasteiger partial charge on any atom is 0.257 e. The van der Waals surface area contributed by atoms with Gasteiger partial charge >= 0.3 is 0 Å². The lowest BCUT2D eigenvalue weighted by Crippen LogP contribution is -2.45. The molecule has 8 heteroatoms. The zero-order valence-electron chi connectivity index (χ0n) is 21.5. The Morgan fingerprint density at radius 2 is 1.86 bits per heavy atom. The van der Waals surface area contributed by atoms with Gasteiger partial charge in [-0.15, -0.1) is 0 Å². The topological polar surface area (TPSA) is 75.2 Å². The third-order valence-electron chi connectivity index (χ3n) is 7.22. The van der Waals surface area contributed by atoms with E-state index in [9.17, 15) is 9.59 Å². The average molecular weight is 495 g/mol. The number of hydrogen-bond donors (Lipinski definition) is 0. The van der Waals surface area contributed by atoms with Gasteiger partial charge in [-0.25, -0.2) is 0 Å². The number of piperidine rings is 1. The van der Waals surface area contributed by atoms with Crippen LogP contribution in [0.4, 0.5) is 0 Å². The fourth-order valence-corrected chi connectivity index (χ4v) is 5.06. The van der Waals surface area contributed by atoms with E-state index in [1.54, 1.807) is 12.4 Å². The molecule has 3 aliphatic heterocycles. The fraction of sp³-hybridized carbons (Fsp3) is 0.536. The molecule has 0 aliphatic carbocycles. The molecule has 2 aromatic rings. The van der Waals surface area contributed by atoms with Gasteiger partial charge < -0.3 is 24.2 Å². The summed E-state index contributed by atoms with van der Waals surface area (Å²) in [4.78, 5) is 36.2. The molecule has 3 aliphatic rings. The first-order valence-electron chi connectivity index (χ1n) is 12.9. The molecule has 0 spiro atoms. The largest absolute Gasteiger partial charge is 0.491 e. The first-order chi connectivity index (χ1) is 17.5. The molecule has 1 saturated heterocycles. The molecular weight excluding hydrogens is 456 g/mol. The predicted molar refractivity (Wildman–Crippen MR) is 138 cm³/mol. The van der Waals surface area contributed by atoms with E-state index < -0.39 is 0 Å². The number of rotatable bonds is 5. The van der Waals surface area contributed by atoms with E-state index in [1.807, 2.05) is 65.2 Å². The molecule has 1 aromatic carbocycles. The number of hydrogen-bond acceptors (Lipinski definition) is 6. The van der Waals surface area contributed by atoms with E-state index in [4.69, 9.17) is 9.47 Å². The van der Waals surface area contributed by atoms with Crippen LogP contribution in [0.5, 0.6) is 11.5 Å². The maximum atomic E-state index is 13.4. The standard InChI is InChI=1S/C28H38N4O4/c1-30(2)21-26(33)31-15-6-5-11-28(22-36-23-8-7-14-29-20-23)12-16-32(17-13-28)27(34)24-9-3-4-10-25(24)35-19-18-31/h3-4,7-10,14,20H,5-6,11-13,15-19,21-22H2,1-2H3. The van der Waals surface area contributed by atoms with Crippen LogP contribution in [0.15, 0.2) is 48.8 Å². The van der Waals surface area contributed by atoms with Crippen LogP contribution in [0.2, 0.25) is 0 Å². The van der Waals surface area contributed by atoms with E-state index in [2.05, 4.69) is 4.98 Å². The highest BCUT2D eigenvalue weighted by Gasteiger charge is 2.37. The van der Waals surface area contributed by atoms with Crippen molar-refractivity contribution in [3.8, 4) is 11.5 Å². The maximum absolute atomic E-state index is 13.4. The summed E-state index contributed by atoms with van der Waals surface area (Å²) < 4.78 is 12.2. The SMILES string of the molecule is CN(C)CC(=O)N1CCCCC2(COc3cccnc3)CCN(CC2)C(=O)c2ccccc2OCC1. The van der Waals surface area contributed by atoms with Gasteiger partial charge in [-0.2, -0.15) is 0 Å². The number of ether oxygens (including phenoxy) is 2. The highest BCUT2D eigenvalue weighted by molar-refractivity contribution is 5.97. The lowest BCUT2D eigenvalue weighted by Gasteiger charge is -2.42. The minimum Gasteiger partial charge on any atom is -0.491 e. The van der Waals surface area contributed by atoms with Crippen LogP contribution in [0, 0.1) is 5.41 Å². The van der Waals surface area contributed by atoms with Crippen molar-refractivity contribution in [2.24, 2.45) is 5.41 Å². The van der Waals surface area contributed by atoms with Crippen LogP contribution in [-0.2, 0) is 4.79 Å². The van der Waals surface area contributed by atoms with Crippen molar-refractivity contribution in [3.63, 3.8) is 0 Å². The Balaban J connectivity index is 1.53. The van der Waals surface area contributed by atoms with Crippen LogP contribution in [0.1, 0.15) is 42.5 Å². The second-order valence-electron chi connectivity index (χ2n) is 10.2. The number of fused-ring (bicyclic) bond motifs is 9. The summed E-state index contributed by atoms with van der Waals surface area (Å²) in [5.41, 5.74) is 0.569. The van der Waals surface area contributed by atoms with Crippen molar-refractivity contribution < 1.29 is 19.1 Å². The molecule has 0 atom stereocenters. The first kappa shape index (κ1) is 25.9. The van der Waals surface area contributed by atoms with Crippen molar-refractivity contribution in [1.82, 2.24) is 19.7 Å². The van der Waals surface area contributed by atoms with E-state index in [1.165, 1.54) is 0 Å². The van der Waals surface area contributed by atoms with Gasteiger partial charge in [0.05, 0.1) is 31.5 Å². The van der Waals surface area contributed by atoms with Crippen LogP contribution in [-0.4, -0.2) is 91.5 Å². The Hall–Kier alpha value is -3.13. The molecule has 1 fully saturated rings. The van der Waals surface area contributed by atoms with E-state index in [0.717, 1.165) is 37.9 Å². The van der Waals surface area contributed by atoms with Gasteiger partial charge in [0.25, 0.3) is 5.91 Å². The molecule has 0 saturated carbocycles. The minimum absolute atomic E-state index is 0.00258. The number of benzene rings is 1. The molecule has 8 nitrogen and oxygen atoms in total. The van der Waals surface area contributed by atoms with Crippen LogP contribution in [0.3, 0.4) is 0 Å². The normalized spacial score (nSPS) is 18.7. The number of carbonyl (C=O) groups is 2. The molecule has 2 amide bonds. The van der Waals surface area contributed by atoms with Crippen LogP contribution >= 0.6 is 0 Å². The third-order valence-corrected chi connectivity index (χ3v) is 7.22. The number of pyridine rings is 1. The molecular formula is C28H38N4O4. The third kappa shape index (κ3) is 6.75. The number of nitrogens with zero attached hydrogens (tertiary/aromatic N) is 4. The van der Waals surface area contributed by atoms with Gasteiger partial charge in [-0.05, 0) is 64.0 Å². The second-order valence-corrected chi connectivity index (χ2v) is 10.2. The van der Waals surface area contributed by atoms with Crippen molar-refractivity contribution >= 4 is 11.8 Å². The molecule has 2 bridgehead atoms. The number of aromatic nitrogens is 1. The van der Waals surface area contributed by atoms with E-state index in [-0.39, 0.29) is 17.2 Å². The van der Waals surface area contributed by atoms with Gasteiger partial charge in [-0.3, -0.25) is 14.6 Å². The summed E-state index contributed by atoms with van der Waals surface area (Å²) in [5, 5.41) is 0. The second kappa shape index (κ2) is 12.2. The summed E-state index contributed by atoms with van der Waals surface area (Å²) in [7, 11) is 3.81. The van der Waals surface area contributed by atoms with Crippen molar-refractivity contribution in [3.05, 3.63) is 54.4 Å². The number of para-hydroxylation sites is 1. The highest BCUT2D eigenvalue weighted by Crippen LogP contribution is 2.38. The molecule has 1 aromatic heterocycles. The van der Waals surface area contributed by atoms with Gasteiger partial charge in [0.2, 0.25) is 5.91 Å². The summed E-state index contributed by atoms with van der Waals surface area (Å²) in [6, 6.07) is 11.2. The summed E-state index contributed by atoms with van der Waals surface area (Å²) >= 11 is 0. The van der Waals surface area contributed by atoms with Gasteiger partial charge in [0.15, 0.2) is 0 Å². The van der Waals surface area contributed by atoms with Crippen molar-refractivity contribution in [1.29, 1.82) is 0 Å². The van der Waals surface area contributed by atoms with E-state index in [0.29, 0.717) is 57.3 Å². The molecule has 0 unspecified atom stereocenters. The Kier molecular flexibility index (Phi) is 8.80. The Bertz CT molecular complexity index is 1010. The molecule has 0 N–H and O–H groups in total. The summed E-state index contributed by atoms with van der Waals surface area (Å²) in [5.74, 6) is 1.45. The molecule has 36 heavy (non-hydrogen) atoms. The average Bonchev–Trinajstić information content (AvgIpc) is 2.89. The van der Waals surface area contributed by atoms with Crippen LogP contribution in [0.25, 0.3) is 0 Å². The fourth-order valence-electron chi connectivity index (χ4n) is 5.06. The van der Waals surface area contributed by atoms with E-state index >= 15 is 0 Å². The summed E-state index contributed by atoms with van der Waals surface area (Å²) in [6.45, 7) is 3.90. The zero-order valence-corrected chi connectivity index (χ0v) is 21.5.